The van der Waals surface area contributed by atoms with Gasteiger partial charge in [-0.3, -0.25) is 9.10 Å². The average Bonchev–Trinajstić information content (AvgIpc) is 2.72. The lowest BCUT2D eigenvalue weighted by molar-refractivity contribution is -0.114. The summed E-state index contributed by atoms with van der Waals surface area (Å²) in [6, 6.07) is 22.8. The van der Waals surface area contributed by atoms with Crippen molar-refractivity contribution in [2.24, 2.45) is 0 Å². The fraction of sp³-hybridized carbons (Fsp3) is 0.208. The van der Waals surface area contributed by atoms with E-state index in [9.17, 15) is 13.2 Å². The third-order valence-electron chi connectivity index (χ3n) is 4.77. The van der Waals surface area contributed by atoms with Crippen LogP contribution in [-0.4, -0.2) is 20.9 Å². The molecule has 0 saturated heterocycles. The van der Waals surface area contributed by atoms with Crippen LogP contribution in [0.2, 0.25) is 0 Å². The number of benzene rings is 3. The van der Waals surface area contributed by atoms with Crippen molar-refractivity contribution in [1.29, 1.82) is 0 Å². The summed E-state index contributed by atoms with van der Waals surface area (Å²) in [7, 11) is -3.91. The Morgan fingerprint density at radius 2 is 1.60 bits per heavy atom. The van der Waals surface area contributed by atoms with Gasteiger partial charge in [0, 0.05) is 5.69 Å². The molecule has 0 spiro atoms. The van der Waals surface area contributed by atoms with Crippen LogP contribution in [-0.2, 0) is 14.8 Å². The van der Waals surface area contributed by atoms with Crippen LogP contribution in [0, 0.1) is 6.92 Å². The van der Waals surface area contributed by atoms with Crippen LogP contribution in [0.5, 0.6) is 0 Å². The first-order chi connectivity index (χ1) is 14.3. The predicted octanol–water partition coefficient (Wildman–Crippen LogP) is 4.95. The molecule has 1 N–H and O–H groups in total. The number of sulfonamides is 1. The van der Waals surface area contributed by atoms with E-state index in [1.807, 2.05) is 37.3 Å². The zero-order valence-corrected chi connectivity index (χ0v) is 18.2. The highest BCUT2D eigenvalue weighted by atomic mass is 32.2. The molecule has 1 amide bonds. The molecule has 0 saturated carbocycles. The summed E-state index contributed by atoms with van der Waals surface area (Å²) in [6.45, 7) is 5.75. The van der Waals surface area contributed by atoms with Gasteiger partial charge in [-0.2, -0.15) is 0 Å². The predicted molar refractivity (Wildman–Crippen MR) is 121 cm³/mol. The molecule has 3 aromatic rings. The number of anilines is 2. The van der Waals surface area contributed by atoms with E-state index < -0.39 is 15.9 Å². The molecule has 0 atom stereocenters. The summed E-state index contributed by atoms with van der Waals surface area (Å²) < 4.78 is 27.8. The topological polar surface area (TPSA) is 66.5 Å². The van der Waals surface area contributed by atoms with Gasteiger partial charge in [0.2, 0.25) is 5.91 Å². The lowest BCUT2D eigenvalue weighted by Gasteiger charge is -2.24. The van der Waals surface area contributed by atoms with Gasteiger partial charge in [0.15, 0.2) is 0 Å². The van der Waals surface area contributed by atoms with Crippen LogP contribution < -0.4 is 9.62 Å². The molecular formula is C24H26N2O3S. The zero-order chi connectivity index (χ0) is 21.7. The minimum Gasteiger partial charge on any atom is -0.325 e. The second-order valence-corrected chi connectivity index (χ2v) is 9.35. The molecule has 3 rings (SSSR count). The first-order valence-corrected chi connectivity index (χ1v) is 11.3. The lowest BCUT2D eigenvalue weighted by atomic mass is 10.0. The van der Waals surface area contributed by atoms with Gasteiger partial charge in [0.1, 0.15) is 6.54 Å². The van der Waals surface area contributed by atoms with E-state index in [0.29, 0.717) is 17.3 Å². The third kappa shape index (κ3) is 5.07. The van der Waals surface area contributed by atoms with Gasteiger partial charge < -0.3 is 5.32 Å². The van der Waals surface area contributed by atoms with Crippen LogP contribution in [0.1, 0.15) is 30.9 Å². The minimum atomic E-state index is -3.91. The van der Waals surface area contributed by atoms with Crippen LogP contribution in [0.25, 0.3) is 0 Å². The summed E-state index contributed by atoms with van der Waals surface area (Å²) in [5.74, 6) is -0.0871. The largest absolute Gasteiger partial charge is 0.325 e. The molecule has 0 aliphatic carbocycles. The first-order valence-electron chi connectivity index (χ1n) is 9.81. The molecule has 0 aromatic heterocycles. The Labute approximate surface area is 178 Å². The monoisotopic (exact) mass is 422 g/mol. The Morgan fingerprint density at radius 1 is 0.933 bits per heavy atom. The molecule has 0 aliphatic heterocycles. The Kier molecular flexibility index (Phi) is 6.57. The summed E-state index contributed by atoms with van der Waals surface area (Å²) in [5.41, 5.74) is 3.18. The molecule has 0 bridgehead atoms. The smallest absolute Gasteiger partial charge is 0.264 e. The van der Waals surface area contributed by atoms with Crippen molar-refractivity contribution >= 4 is 27.3 Å². The van der Waals surface area contributed by atoms with Crippen molar-refractivity contribution in [3.05, 3.63) is 90.0 Å². The van der Waals surface area contributed by atoms with E-state index in [1.165, 1.54) is 12.1 Å². The minimum absolute atomic E-state index is 0.140. The number of nitrogens with one attached hydrogen (secondary N) is 1. The van der Waals surface area contributed by atoms with Gasteiger partial charge in [0.05, 0.1) is 10.6 Å². The van der Waals surface area contributed by atoms with Crippen molar-refractivity contribution < 1.29 is 13.2 Å². The van der Waals surface area contributed by atoms with Gasteiger partial charge in [0.25, 0.3) is 10.0 Å². The van der Waals surface area contributed by atoms with Gasteiger partial charge in [-0.25, -0.2) is 8.42 Å². The standard InChI is InChI=1S/C24H26N2O3S/c1-18(2)20-12-14-22(15-13-20)26(30(28,29)23-10-5-4-6-11-23)17-24(27)25-21-9-7-8-19(3)16-21/h4-16,18H,17H2,1-3H3,(H,25,27). The van der Waals surface area contributed by atoms with Crippen molar-refractivity contribution in [1.82, 2.24) is 0 Å². The van der Waals surface area contributed by atoms with E-state index in [-0.39, 0.29) is 11.4 Å². The van der Waals surface area contributed by atoms with Crippen molar-refractivity contribution in [3.63, 3.8) is 0 Å². The molecule has 0 aliphatic rings. The van der Waals surface area contributed by atoms with E-state index in [4.69, 9.17) is 0 Å². The van der Waals surface area contributed by atoms with Gasteiger partial charge >= 0.3 is 0 Å². The number of hydrogen-bond donors (Lipinski definition) is 1. The maximum Gasteiger partial charge on any atom is 0.264 e. The maximum atomic E-state index is 13.3. The SMILES string of the molecule is Cc1cccc(NC(=O)CN(c2ccc(C(C)C)cc2)S(=O)(=O)c2ccccc2)c1. The van der Waals surface area contributed by atoms with E-state index in [1.54, 1.807) is 36.4 Å². The Balaban J connectivity index is 1.94. The van der Waals surface area contributed by atoms with Gasteiger partial charge in [-0.1, -0.05) is 56.3 Å². The summed E-state index contributed by atoms with van der Waals surface area (Å²) in [6.07, 6.45) is 0. The number of aryl methyl sites for hydroxylation is 1. The molecule has 5 nitrogen and oxygen atoms in total. The number of rotatable bonds is 7. The van der Waals surface area contributed by atoms with Gasteiger partial charge in [-0.05, 0) is 60.4 Å². The normalized spacial score (nSPS) is 11.3. The summed E-state index contributed by atoms with van der Waals surface area (Å²) >= 11 is 0. The van der Waals surface area contributed by atoms with Crippen molar-refractivity contribution in [2.75, 3.05) is 16.2 Å². The van der Waals surface area contributed by atoms with Crippen LogP contribution in [0.4, 0.5) is 11.4 Å². The number of nitrogens with zero attached hydrogens (tertiary/aromatic N) is 1. The second kappa shape index (κ2) is 9.13. The van der Waals surface area contributed by atoms with E-state index in [2.05, 4.69) is 19.2 Å². The molecule has 0 radical (unpaired) electrons. The summed E-state index contributed by atoms with van der Waals surface area (Å²) in [4.78, 5) is 12.9. The Morgan fingerprint density at radius 3 is 2.20 bits per heavy atom. The fourth-order valence-corrected chi connectivity index (χ4v) is 4.56. The fourth-order valence-electron chi connectivity index (χ4n) is 3.11. The molecule has 6 heteroatoms. The molecule has 0 unspecified atom stereocenters. The summed E-state index contributed by atoms with van der Waals surface area (Å²) in [5, 5.41) is 2.79. The van der Waals surface area contributed by atoms with E-state index >= 15 is 0 Å². The highest BCUT2D eigenvalue weighted by Gasteiger charge is 2.27. The average molecular weight is 423 g/mol. The molecular weight excluding hydrogens is 396 g/mol. The molecule has 30 heavy (non-hydrogen) atoms. The Hall–Kier alpha value is -3.12. The van der Waals surface area contributed by atoms with Gasteiger partial charge in [-0.15, -0.1) is 0 Å². The number of carbonyl (C=O) groups excluding carboxylic acids is 1. The molecule has 0 heterocycles. The van der Waals surface area contributed by atoms with Crippen molar-refractivity contribution in [2.45, 2.75) is 31.6 Å². The van der Waals surface area contributed by atoms with Crippen LogP contribution in [0.3, 0.4) is 0 Å². The Bertz CT molecular complexity index is 1110. The van der Waals surface area contributed by atoms with E-state index in [0.717, 1.165) is 15.4 Å². The lowest BCUT2D eigenvalue weighted by Crippen LogP contribution is -2.38. The quantitative estimate of drug-likeness (QED) is 0.586. The van der Waals surface area contributed by atoms with Crippen LogP contribution in [0.15, 0.2) is 83.8 Å². The highest BCUT2D eigenvalue weighted by molar-refractivity contribution is 7.92. The van der Waals surface area contributed by atoms with Crippen LogP contribution >= 0.6 is 0 Å². The molecule has 3 aromatic carbocycles. The number of amides is 1. The number of hydrogen-bond acceptors (Lipinski definition) is 3. The zero-order valence-electron chi connectivity index (χ0n) is 17.4. The maximum absolute atomic E-state index is 13.3. The molecule has 0 fully saturated rings. The third-order valence-corrected chi connectivity index (χ3v) is 6.56. The number of carbonyl (C=O) groups is 1. The second-order valence-electron chi connectivity index (χ2n) is 7.49. The van der Waals surface area contributed by atoms with Crippen molar-refractivity contribution in [3.8, 4) is 0 Å². The molecule has 156 valence electrons. The highest BCUT2D eigenvalue weighted by Crippen LogP contribution is 2.26. The first kappa shape index (κ1) is 21.6.